The van der Waals surface area contributed by atoms with Gasteiger partial charge in [-0.3, -0.25) is 15.1 Å². The predicted molar refractivity (Wildman–Crippen MR) is 74.5 cm³/mol. The fourth-order valence-corrected chi connectivity index (χ4v) is 2.13. The Labute approximate surface area is 114 Å². The van der Waals surface area contributed by atoms with E-state index in [0.29, 0.717) is 22.6 Å². The number of anilines is 1. The third-order valence-corrected chi connectivity index (χ3v) is 3.07. The van der Waals surface area contributed by atoms with E-state index in [4.69, 9.17) is 5.73 Å². The minimum absolute atomic E-state index is 0.00222. The Morgan fingerprint density at radius 3 is 2.72 bits per heavy atom. The molecule has 1 rings (SSSR count). The second-order valence-corrected chi connectivity index (χ2v) is 5.33. The van der Waals surface area contributed by atoms with Gasteiger partial charge in [0.2, 0.25) is 0 Å². The first kappa shape index (κ1) is 14.8. The molecular weight excluding hydrogens is 300 g/mol. The van der Waals surface area contributed by atoms with Gasteiger partial charge in [-0.15, -0.1) is 0 Å². The molecule has 0 aliphatic carbocycles. The molecule has 7 heteroatoms. The number of hydrogen-bond acceptors (Lipinski definition) is 5. The van der Waals surface area contributed by atoms with Crippen LogP contribution in [0.4, 0.5) is 11.4 Å². The topological polar surface area (TPSA) is 94.1 Å². The minimum atomic E-state index is -0.455. The van der Waals surface area contributed by atoms with Crippen molar-refractivity contribution < 1.29 is 4.92 Å². The van der Waals surface area contributed by atoms with Crippen LogP contribution in [0.1, 0.15) is 20.3 Å². The molecule has 1 heterocycles. The summed E-state index contributed by atoms with van der Waals surface area (Å²) in [6, 6.07) is 0.00222. The van der Waals surface area contributed by atoms with Crippen LogP contribution in [0.3, 0.4) is 0 Å². The van der Waals surface area contributed by atoms with Crippen molar-refractivity contribution in [3.05, 3.63) is 27.0 Å². The number of rotatable bonds is 6. The van der Waals surface area contributed by atoms with Gasteiger partial charge in [-0.2, -0.15) is 0 Å². The predicted octanol–water partition coefficient (Wildman–Crippen LogP) is 2.54. The Balaban J connectivity index is 2.97. The van der Waals surface area contributed by atoms with E-state index in [1.165, 1.54) is 12.4 Å². The zero-order chi connectivity index (χ0) is 13.7. The van der Waals surface area contributed by atoms with Crippen molar-refractivity contribution in [1.82, 2.24) is 4.98 Å². The molecule has 0 saturated heterocycles. The molecule has 0 aromatic carbocycles. The first-order valence-electron chi connectivity index (χ1n) is 5.70. The lowest BCUT2D eigenvalue weighted by Crippen LogP contribution is -2.30. The maximum Gasteiger partial charge on any atom is 0.311 e. The molecule has 1 aromatic rings. The zero-order valence-corrected chi connectivity index (χ0v) is 12.0. The summed E-state index contributed by atoms with van der Waals surface area (Å²) < 4.78 is 0.568. The van der Waals surface area contributed by atoms with E-state index in [1.54, 1.807) is 0 Å². The van der Waals surface area contributed by atoms with E-state index in [1.807, 2.05) is 0 Å². The monoisotopic (exact) mass is 316 g/mol. The van der Waals surface area contributed by atoms with Gasteiger partial charge >= 0.3 is 5.69 Å². The van der Waals surface area contributed by atoms with Crippen molar-refractivity contribution >= 4 is 27.3 Å². The maximum atomic E-state index is 10.9. The van der Waals surface area contributed by atoms with Crippen LogP contribution in [-0.2, 0) is 0 Å². The molecule has 0 fully saturated rings. The molecule has 0 bridgehead atoms. The van der Waals surface area contributed by atoms with Crippen molar-refractivity contribution in [1.29, 1.82) is 0 Å². The summed E-state index contributed by atoms with van der Waals surface area (Å²) in [5, 5.41) is 14.1. The van der Waals surface area contributed by atoms with Gasteiger partial charge in [-0.25, -0.2) is 0 Å². The summed E-state index contributed by atoms with van der Waals surface area (Å²) in [5.74, 6) is 0.464. The average molecular weight is 317 g/mol. The molecule has 3 N–H and O–H groups in total. The Morgan fingerprint density at radius 2 is 2.22 bits per heavy atom. The molecule has 1 aromatic heterocycles. The first-order chi connectivity index (χ1) is 8.45. The van der Waals surface area contributed by atoms with Crippen LogP contribution < -0.4 is 11.1 Å². The number of pyridine rings is 1. The van der Waals surface area contributed by atoms with E-state index in [-0.39, 0.29) is 11.7 Å². The van der Waals surface area contributed by atoms with Crippen molar-refractivity contribution in [3.63, 3.8) is 0 Å². The van der Waals surface area contributed by atoms with Gasteiger partial charge in [-0.05, 0) is 28.3 Å². The van der Waals surface area contributed by atoms with Crippen LogP contribution >= 0.6 is 15.9 Å². The fraction of sp³-hybridized carbons (Fsp3) is 0.545. The molecule has 100 valence electrons. The van der Waals surface area contributed by atoms with Crippen LogP contribution in [0.25, 0.3) is 0 Å². The Bertz CT molecular complexity index is 426. The van der Waals surface area contributed by atoms with Crippen molar-refractivity contribution in [2.45, 2.75) is 26.3 Å². The molecule has 0 radical (unpaired) electrons. The lowest BCUT2D eigenvalue weighted by atomic mass is 10.0. The van der Waals surface area contributed by atoms with Gasteiger partial charge in [0.15, 0.2) is 0 Å². The summed E-state index contributed by atoms with van der Waals surface area (Å²) in [7, 11) is 0. The van der Waals surface area contributed by atoms with Gasteiger partial charge in [0.25, 0.3) is 0 Å². The van der Waals surface area contributed by atoms with Crippen LogP contribution in [0.5, 0.6) is 0 Å². The fourth-order valence-electron chi connectivity index (χ4n) is 1.69. The highest BCUT2D eigenvalue weighted by molar-refractivity contribution is 9.10. The van der Waals surface area contributed by atoms with Crippen molar-refractivity contribution in [3.8, 4) is 0 Å². The normalized spacial score (nSPS) is 12.5. The molecule has 0 aliphatic rings. The minimum Gasteiger partial charge on any atom is -0.374 e. The van der Waals surface area contributed by atoms with Crippen molar-refractivity contribution in [2.75, 3.05) is 11.9 Å². The number of halogens is 1. The summed E-state index contributed by atoms with van der Waals surface area (Å²) >= 11 is 3.27. The molecule has 0 aliphatic heterocycles. The van der Waals surface area contributed by atoms with E-state index >= 15 is 0 Å². The standard InChI is InChI=1S/C11H17BrN4O2/c1-7(2)3-8(4-13)15-11-9(12)5-14-6-10(11)16(17)18/h5-8H,3-4,13H2,1-2H3,(H,14,15). The summed E-state index contributed by atoms with van der Waals surface area (Å²) in [6.07, 6.45) is 3.61. The van der Waals surface area contributed by atoms with Crippen LogP contribution in [-0.4, -0.2) is 22.5 Å². The molecule has 1 unspecified atom stereocenters. The lowest BCUT2D eigenvalue weighted by Gasteiger charge is -2.20. The van der Waals surface area contributed by atoms with Crippen LogP contribution in [0, 0.1) is 16.0 Å². The number of nitro groups is 1. The third-order valence-electron chi connectivity index (χ3n) is 2.47. The van der Waals surface area contributed by atoms with Gasteiger partial charge < -0.3 is 11.1 Å². The molecule has 0 spiro atoms. The van der Waals surface area contributed by atoms with Gasteiger partial charge in [-0.1, -0.05) is 13.8 Å². The second kappa shape index (κ2) is 6.65. The van der Waals surface area contributed by atoms with E-state index in [9.17, 15) is 10.1 Å². The average Bonchev–Trinajstić information content (AvgIpc) is 2.29. The van der Waals surface area contributed by atoms with Gasteiger partial charge in [0, 0.05) is 18.8 Å². The number of hydrogen-bond donors (Lipinski definition) is 2. The molecule has 1 atom stereocenters. The maximum absolute atomic E-state index is 10.9. The molecule has 0 amide bonds. The third kappa shape index (κ3) is 3.92. The molecule has 18 heavy (non-hydrogen) atoms. The number of nitrogens with zero attached hydrogens (tertiary/aromatic N) is 2. The number of nitrogens with two attached hydrogens (primary N) is 1. The highest BCUT2D eigenvalue weighted by atomic mass is 79.9. The van der Waals surface area contributed by atoms with Gasteiger partial charge in [0.1, 0.15) is 11.9 Å². The van der Waals surface area contributed by atoms with E-state index < -0.39 is 4.92 Å². The largest absolute Gasteiger partial charge is 0.374 e. The number of aromatic nitrogens is 1. The van der Waals surface area contributed by atoms with Crippen LogP contribution in [0.2, 0.25) is 0 Å². The lowest BCUT2D eigenvalue weighted by molar-refractivity contribution is -0.384. The van der Waals surface area contributed by atoms with Crippen molar-refractivity contribution in [2.24, 2.45) is 11.7 Å². The summed E-state index contributed by atoms with van der Waals surface area (Å²) in [5.41, 5.74) is 6.07. The first-order valence-corrected chi connectivity index (χ1v) is 6.49. The molecular formula is C11H17BrN4O2. The zero-order valence-electron chi connectivity index (χ0n) is 10.4. The quantitative estimate of drug-likeness (QED) is 0.621. The SMILES string of the molecule is CC(C)CC(CN)Nc1c(Br)cncc1[N+](=O)[O-]. The molecule has 6 nitrogen and oxygen atoms in total. The Morgan fingerprint density at radius 1 is 1.56 bits per heavy atom. The summed E-state index contributed by atoms with van der Waals surface area (Å²) in [6.45, 7) is 4.59. The smallest absolute Gasteiger partial charge is 0.311 e. The van der Waals surface area contributed by atoms with E-state index in [2.05, 4.69) is 40.1 Å². The van der Waals surface area contributed by atoms with Crippen LogP contribution in [0.15, 0.2) is 16.9 Å². The Hall–Kier alpha value is -1.21. The molecule has 0 saturated carbocycles. The highest BCUT2D eigenvalue weighted by Gasteiger charge is 2.20. The van der Waals surface area contributed by atoms with Gasteiger partial charge in [0.05, 0.1) is 9.40 Å². The number of nitrogens with one attached hydrogen (secondary N) is 1. The van der Waals surface area contributed by atoms with E-state index in [0.717, 1.165) is 6.42 Å². The second-order valence-electron chi connectivity index (χ2n) is 4.48. The Kier molecular flexibility index (Phi) is 5.49. The highest BCUT2D eigenvalue weighted by Crippen LogP contribution is 2.32. The summed E-state index contributed by atoms with van der Waals surface area (Å²) in [4.78, 5) is 14.3.